The minimum absolute atomic E-state index is 0.0961. The van der Waals surface area contributed by atoms with Gasteiger partial charge in [0.1, 0.15) is 0 Å². The third kappa shape index (κ3) is 2.99. The van der Waals surface area contributed by atoms with E-state index in [2.05, 4.69) is 10.4 Å². The Balaban J connectivity index is 1.47. The highest BCUT2D eigenvalue weighted by Crippen LogP contribution is 2.33. The molecule has 0 bridgehead atoms. The number of benzene rings is 1. The number of nitrogens with zero attached hydrogens (tertiary/aromatic N) is 3. The van der Waals surface area contributed by atoms with Gasteiger partial charge in [0.15, 0.2) is 0 Å². The number of hydrogen-bond acceptors (Lipinski definition) is 4. The molecule has 4 rings (SSSR count). The van der Waals surface area contributed by atoms with Gasteiger partial charge in [-0.1, -0.05) is 6.07 Å². The normalized spacial score (nSPS) is 25.2. The summed E-state index contributed by atoms with van der Waals surface area (Å²) in [5.74, 6) is -0.108. The third-order valence-electron chi connectivity index (χ3n) is 5.15. The smallest absolute Gasteiger partial charge is 0.251 e. The summed E-state index contributed by atoms with van der Waals surface area (Å²) in [4.78, 5) is 26.3. The van der Waals surface area contributed by atoms with Crippen molar-refractivity contribution in [1.29, 1.82) is 0 Å². The molecule has 2 amide bonds. The maximum Gasteiger partial charge on any atom is 0.251 e. The maximum absolute atomic E-state index is 12.7. The minimum Gasteiger partial charge on any atom is -0.391 e. The fraction of sp³-hybridized carbons (Fsp3) is 0.421. The van der Waals surface area contributed by atoms with Crippen molar-refractivity contribution in [3.63, 3.8) is 0 Å². The van der Waals surface area contributed by atoms with Crippen LogP contribution in [0.3, 0.4) is 0 Å². The average Bonchev–Trinajstić information content (AvgIpc) is 3.22. The molecule has 136 valence electrons. The molecule has 1 saturated heterocycles. The van der Waals surface area contributed by atoms with E-state index in [4.69, 9.17) is 0 Å². The van der Waals surface area contributed by atoms with Crippen molar-refractivity contribution in [3.8, 4) is 0 Å². The first-order chi connectivity index (χ1) is 12.5. The number of aliphatic hydroxyl groups excluding tert-OH is 1. The van der Waals surface area contributed by atoms with Gasteiger partial charge in [-0.25, -0.2) is 0 Å². The SMILES string of the molecule is Cc1cnn([C@H]2[C@H](O)C[C@@H]2NC(=O)c2cccc(N3CCCC3=O)c2)c1. The number of carbonyl (C=O) groups is 2. The fourth-order valence-corrected chi connectivity index (χ4v) is 3.70. The molecule has 2 N–H and O–H groups in total. The van der Waals surface area contributed by atoms with Crippen molar-refractivity contribution in [3.05, 3.63) is 47.8 Å². The molecule has 1 aliphatic carbocycles. The van der Waals surface area contributed by atoms with Gasteiger partial charge in [-0.05, 0) is 43.5 Å². The van der Waals surface area contributed by atoms with Gasteiger partial charge in [-0.15, -0.1) is 0 Å². The number of aliphatic hydroxyl groups is 1. The Morgan fingerprint density at radius 3 is 2.88 bits per heavy atom. The van der Waals surface area contributed by atoms with Crippen molar-refractivity contribution in [2.45, 2.75) is 44.4 Å². The number of hydrogen-bond donors (Lipinski definition) is 2. The van der Waals surface area contributed by atoms with Gasteiger partial charge < -0.3 is 15.3 Å². The molecular weight excluding hydrogens is 332 g/mol. The fourth-order valence-electron chi connectivity index (χ4n) is 3.70. The van der Waals surface area contributed by atoms with Crippen molar-refractivity contribution >= 4 is 17.5 Å². The maximum atomic E-state index is 12.7. The molecular formula is C19H22N4O3. The predicted molar refractivity (Wildman–Crippen MR) is 95.9 cm³/mol. The number of aromatic nitrogens is 2. The minimum atomic E-state index is -0.520. The highest BCUT2D eigenvalue weighted by atomic mass is 16.3. The lowest BCUT2D eigenvalue weighted by Crippen LogP contribution is -2.56. The highest BCUT2D eigenvalue weighted by molar-refractivity contribution is 5.99. The van der Waals surface area contributed by atoms with E-state index in [0.29, 0.717) is 24.9 Å². The lowest BCUT2D eigenvalue weighted by molar-refractivity contribution is -0.117. The summed E-state index contributed by atoms with van der Waals surface area (Å²) < 4.78 is 1.72. The van der Waals surface area contributed by atoms with Crippen molar-refractivity contribution in [2.75, 3.05) is 11.4 Å². The number of rotatable bonds is 4. The van der Waals surface area contributed by atoms with Gasteiger partial charge in [-0.2, -0.15) is 5.10 Å². The molecule has 26 heavy (non-hydrogen) atoms. The second-order valence-electron chi connectivity index (χ2n) is 7.07. The molecule has 7 nitrogen and oxygen atoms in total. The highest BCUT2D eigenvalue weighted by Gasteiger charge is 2.42. The third-order valence-corrected chi connectivity index (χ3v) is 5.15. The van der Waals surface area contributed by atoms with Crippen LogP contribution in [0.15, 0.2) is 36.7 Å². The zero-order valence-electron chi connectivity index (χ0n) is 14.6. The Morgan fingerprint density at radius 2 is 2.23 bits per heavy atom. The van der Waals surface area contributed by atoms with E-state index in [9.17, 15) is 14.7 Å². The zero-order valence-corrected chi connectivity index (χ0v) is 14.6. The second kappa shape index (κ2) is 6.57. The lowest BCUT2D eigenvalue weighted by Gasteiger charge is -2.41. The Kier molecular flexibility index (Phi) is 4.24. The molecule has 2 aromatic rings. The van der Waals surface area contributed by atoms with Gasteiger partial charge in [-0.3, -0.25) is 14.3 Å². The van der Waals surface area contributed by atoms with Crippen molar-refractivity contribution in [2.24, 2.45) is 0 Å². The number of nitrogens with one attached hydrogen (secondary N) is 1. The Bertz CT molecular complexity index is 847. The average molecular weight is 354 g/mol. The van der Waals surface area contributed by atoms with Crippen LogP contribution >= 0.6 is 0 Å². The summed E-state index contributed by atoms with van der Waals surface area (Å²) in [5.41, 5.74) is 2.28. The number of aryl methyl sites for hydroxylation is 1. The number of anilines is 1. The Labute approximate surface area is 151 Å². The van der Waals surface area contributed by atoms with E-state index in [1.807, 2.05) is 19.2 Å². The molecule has 2 heterocycles. The zero-order chi connectivity index (χ0) is 18.3. The Hall–Kier alpha value is -2.67. The van der Waals surface area contributed by atoms with Crippen LogP contribution in [0.1, 0.15) is 41.2 Å². The van der Waals surface area contributed by atoms with Crippen LogP contribution in [0.4, 0.5) is 5.69 Å². The van der Waals surface area contributed by atoms with Crippen LogP contribution in [-0.4, -0.2) is 45.4 Å². The summed E-state index contributed by atoms with van der Waals surface area (Å²) in [6.07, 6.45) is 4.99. The van der Waals surface area contributed by atoms with Gasteiger partial charge >= 0.3 is 0 Å². The van der Waals surface area contributed by atoms with Crippen molar-refractivity contribution in [1.82, 2.24) is 15.1 Å². The number of carbonyl (C=O) groups excluding carboxylic acids is 2. The molecule has 2 aliphatic rings. The summed E-state index contributed by atoms with van der Waals surface area (Å²) in [6.45, 7) is 2.63. The molecule has 1 aromatic heterocycles. The monoisotopic (exact) mass is 354 g/mol. The van der Waals surface area contributed by atoms with Gasteiger partial charge in [0.05, 0.1) is 24.4 Å². The standard InChI is InChI=1S/C19H22N4O3/c1-12-10-20-23(11-12)18-15(9-16(18)24)21-19(26)13-4-2-5-14(8-13)22-7-3-6-17(22)25/h2,4-5,8,10-11,15-16,18,24H,3,6-7,9H2,1H3,(H,21,26)/t15-,16+,18+/m0/s1. The molecule has 2 fully saturated rings. The van der Waals surface area contributed by atoms with E-state index >= 15 is 0 Å². The van der Waals surface area contributed by atoms with Gasteiger partial charge in [0, 0.05) is 30.4 Å². The lowest BCUT2D eigenvalue weighted by atomic mass is 9.83. The Morgan fingerprint density at radius 1 is 1.38 bits per heavy atom. The van der Waals surface area contributed by atoms with Gasteiger partial charge in [0.2, 0.25) is 5.91 Å². The summed E-state index contributed by atoms with van der Waals surface area (Å²) in [7, 11) is 0. The molecule has 3 atom stereocenters. The first-order valence-electron chi connectivity index (χ1n) is 8.93. The van der Waals surface area contributed by atoms with Crippen LogP contribution < -0.4 is 10.2 Å². The molecule has 0 unspecified atom stereocenters. The molecule has 0 radical (unpaired) electrons. The van der Waals surface area contributed by atoms with E-state index in [-0.39, 0.29) is 23.9 Å². The van der Waals surface area contributed by atoms with Crippen LogP contribution in [-0.2, 0) is 4.79 Å². The van der Waals surface area contributed by atoms with Crippen LogP contribution in [0, 0.1) is 6.92 Å². The molecule has 0 spiro atoms. The van der Waals surface area contributed by atoms with E-state index in [1.54, 1.807) is 34.0 Å². The van der Waals surface area contributed by atoms with Crippen LogP contribution in [0.5, 0.6) is 0 Å². The first kappa shape index (κ1) is 16.8. The summed E-state index contributed by atoms with van der Waals surface area (Å²) in [5, 5.41) is 17.3. The summed E-state index contributed by atoms with van der Waals surface area (Å²) in [6, 6.07) is 6.70. The van der Waals surface area contributed by atoms with Crippen LogP contribution in [0.2, 0.25) is 0 Å². The molecule has 7 heteroatoms. The van der Waals surface area contributed by atoms with E-state index < -0.39 is 6.10 Å². The molecule has 1 aromatic carbocycles. The van der Waals surface area contributed by atoms with Crippen molar-refractivity contribution < 1.29 is 14.7 Å². The number of amides is 2. The molecule has 1 saturated carbocycles. The van der Waals surface area contributed by atoms with E-state index in [0.717, 1.165) is 17.7 Å². The topological polar surface area (TPSA) is 87.5 Å². The second-order valence-corrected chi connectivity index (χ2v) is 7.07. The predicted octanol–water partition coefficient (Wildman–Crippen LogP) is 1.42. The van der Waals surface area contributed by atoms with Gasteiger partial charge in [0.25, 0.3) is 5.91 Å². The van der Waals surface area contributed by atoms with Crippen LogP contribution in [0.25, 0.3) is 0 Å². The first-order valence-corrected chi connectivity index (χ1v) is 8.93. The molecule has 1 aliphatic heterocycles. The largest absolute Gasteiger partial charge is 0.391 e. The van der Waals surface area contributed by atoms with E-state index in [1.165, 1.54) is 0 Å². The summed E-state index contributed by atoms with van der Waals surface area (Å²) >= 11 is 0. The quantitative estimate of drug-likeness (QED) is 0.869.